The van der Waals surface area contributed by atoms with Gasteiger partial charge in [-0.25, -0.2) is 4.39 Å². The minimum Gasteiger partial charge on any atom is -0.201 e. The molecule has 0 amide bonds. The fraction of sp³-hybridized carbons (Fsp3) is 0.600. The van der Waals surface area contributed by atoms with Crippen molar-refractivity contribution in [3.8, 4) is 0 Å². The first-order chi connectivity index (χ1) is 6.35. The van der Waals surface area contributed by atoms with E-state index in [1.807, 2.05) is 0 Å². The van der Waals surface area contributed by atoms with Crippen LogP contribution in [-0.4, -0.2) is 18.0 Å². The summed E-state index contributed by atoms with van der Waals surface area (Å²) in [6, 6.07) is 0. The van der Waals surface area contributed by atoms with Crippen LogP contribution in [0.15, 0.2) is 11.1 Å². The van der Waals surface area contributed by atoms with Gasteiger partial charge in [-0.15, -0.1) is 0 Å². The summed E-state index contributed by atoms with van der Waals surface area (Å²) in [6.07, 6.45) is -6.74. The monoisotopic (exact) mass is 266 g/mol. The predicted molar refractivity (Wildman–Crippen MR) is 31.0 cm³/mol. The van der Waals surface area contributed by atoms with Gasteiger partial charge in [0.1, 0.15) is 0 Å². The average molecular weight is 266 g/mol. The molecule has 0 aliphatic rings. The van der Waals surface area contributed by atoms with Crippen LogP contribution >= 0.6 is 11.6 Å². The lowest BCUT2D eigenvalue weighted by atomic mass is 10.1. The molecule has 15 heavy (non-hydrogen) atoms. The summed E-state index contributed by atoms with van der Waals surface area (Å²) in [6.45, 7) is 0. The summed E-state index contributed by atoms with van der Waals surface area (Å²) in [7, 11) is 0. The Morgan fingerprint density at radius 1 is 0.800 bits per heavy atom. The molecule has 0 aromatic rings. The zero-order valence-corrected chi connectivity index (χ0v) is 7.04. The smallest absolute Gasteiger partial charge is 0.201 e. The zero-order valence-electron chi connectivity index (χ0n) is 6.28. The van der Waals surface area contributed by atoms with Crippen molar-refractivity contribution in [3.63, 3.8) is 0 Å². The van der Waals surface area contributed by atoms with E-state index in [0.717, 1.165) is 0 Å². The molecule has 0 unspecified atom stereocenters. The normalized spacial score (nSPS) is 16.4. The van der Waals surface area contributed by atoms with Crippen LogP contribution in [0.2, 0.25) is 0 Å². The summed E-state index contributed by atoms with van der Waals surface area (Å²) in [4.78, 5) is 0. The molecule has 10 heteroatoms. The predicted octanol–water partition coefficient (Wildman–Crippen LogP) is 4.17. The van der Waals surface area contributed by atoms with Crippen molar-refractivity contribution in [2.75, 3.05) is 0 Å². The first-order valence-corrected chi connectivity index (χ1v) is 3.27. The highest BCUT2D eigenvalue weighted by molar-refractivity contribution is 6.28. The topological polar surface area (TPSA) is 0 Å². The van der Waals surface area contributed by atoms with Crippen molar-refractivity contribution in [3.05, 3.63) is 11.1 Å². The third kappa shape index (κ3) is 2.32. The molecule has 0 aromatic heterocycles. The van der Waals surface area contributed by atoms with Crippen molar-refractivity contribution in [2.24, 2.45) is 0 Å². The molecule has 0 aliphatic carbocycles. The van der Waals surface area contributed by atoms with Crippen molar-refractivity contribution in [1.29, 1.82) is 0 Å². The lowest BCUT2D eigenvalue weighted by Crippen LogP contribution is -2.52. The number of allylic oxidation sites excluding steroid dienone is 1. The van der Waals surface area contributed by atoms with E-state index in [0.29, 0.717) is 0 Å². The molecule has 0 heterocycles. The van der Waals surface area contributed by atoms with Crippen LogP contribution < -0.4 is 0 Å². The van der Waals surface area contributed by atoms with Gasteiger partial charge >= 0.3 is 18.0 Å². The third-order valence-electron chi connectivity index (χ3n) is 1.19. The highest BCUT2D eigenvalue weighted by atomic mass is 35.5. The van der Waals surface area contributed by atoms with E-state index in [9.17, 15) is 39.5 Å². The van der Waals surface area contributed by atoms with Gasteiger partial charge in [0.05, 0.1) is 0 Å². The average Bonchev–Trinajstić information content (AvgIpc) is 2.00. The maximum Gasteiger partial charge on any atom is 0.460 e. The van der Waals surface area contributed by atoms with E-state index in [4.69, 9.17) is 0 Å². The Morgan fingerprint density at radius 2 is 1.13 bits per heavy atom. The van der Waals surface area contributed by atoms with Crippen LogP contribution in [0.4, 0.5) is 39.5 Å². The number of halogens is 10. The maximum atomic E-state index is 12.1. The molecule has 0 fully saturated rings. The Labute approximate surface area is 81.3 Å². The van der Waals surface area contributed by atoms with Crippen molar-refractivity contribution < 1.29 is 39.5 Å². The van der Waals surface area contributed by atoms with Gasteiger partial charge in [-0.3, -0.25) is 0 Å². The van der Waals surface area contributed by atoms with E-state index in [1.54, 1.807) is 0 Å². The maximum absolute atomic E-state index is 12.1. The fourth-order valence-electron chi connectivity index (χ4n) is 0.435. The van der Waals surface area contributed by atoms with Gasteiger partial charge < -0.3 is 0 Å². The van der Waals surface area contributed by atoms with Crippen molar-refractivity contribution in [1.82, 2.24) is 0 Å². The van der Waals surface area contributed by atoms with Crippen LogP contribution in [0.25, 0.3) is 0 Å². The van der Waals surface area contributed by atoms with Crippen LogP contribution in [0.5, 0.6) is 0 Å². The third-order valence-corrected chi connectivity index (χ3v) is 1.36. The largest absolute Gasteiger partial charge is 0.460 e. The van der Waals surface area contributed by atoms with E-state index >= 15 is 0 Å². The van der Waals surface area contributed by atoms with Crippen LogP contribution in [-0.2, 0) is 0 Å². The van der Waals surface area contributed by atoms with Gasteiger partial charge in [0.25, 0.3) is 0 Å². The Bertz CT molecular complexity index is 271. The van der Waals surface area contributed by atoms with Gasteiger partial charge in [-0.05, 0) is 11.6 Å². The molecule has 0 atom stereocenters. The molecule has 0 rings (SSSR count). The molecule has 0 radical (unpaired) electrons. The first-order valence-electron chi connectivity index (χ1n) is 2.89. The highest BCUT2D eigenvalue weighted by Crippen LogP contribution is 2.51. The summed E-state index contributed by atoms with van der Waals surface area (Å²) in [5, 5.41) is -2.97. The summed E-state index contributed by atoms with van der Waals surface area (Å²) in [5.74, 6) is -16.8. The molecule has 90 valence electrons. The Balaban J connectivity index is 5.49. The Morgan fingerprint density at radius 3 is 1.33 bits per heavy atom. The van der Waals surface area contributed by atoms with E-state index in [2.05, 4.69) is 11.6 Å². The van der Waals surface area contributed by atoms with E-state index < -0.39 is 29.1 Å². The fourth-order valence-corrected chi connectivity index (χ4v) is 0.553. The zero-order chi connectivity index (χ0) is 12.7. The Hall–Kier alpha value is -0.600. The molecule has 0 spiro atoms. The van der Waals surface area contributed by atoms with Gasteiger partial charge in [-0.2, -0.15) is 35.1 Å². The molecule has 0 saturated carbocycles. The molecule has 0 saturated heterocycles. The lowest BCUT2D eigenvalue weighted by molar-refractivity contribution is -0.347. The number of alkyl halides is 7. The van der Waals surface area contributed by atoms with Crippen molar-refractivity contribution >= 4 is 11.6 Å². The van der Waals surface area contributed by atoms with E-state index in [1.165, 1.54) is 0 Å². The quantitative estimate of drug-likeness (QED) is 0.658. The number of hydrogen-bond donors (Lipinski definition) is 0. The highest BCUT2D eigenvalue weighted by Gasteiger charge is 2.75. The minimum absolute atomic E-state index is 2.97. The van der Waals surface area contributed by atoms with Crippen molar-refractivity contribution in [2.45, 2.75) is 18.0 Å². The molecule has 0 N–H and O–H groups in total. The minimum atomic E-state index is -6.75. The Kier molecular flexibility index (Phi) is 3.61. The molecular weight excluding hydrogens is 266 g/mol. The summed E-state index contributed by atoms with van der Waals surface area (Å²) >= 11 is 3.93. The second kappa shape index (κ2) is 3.76. The molecule has 0 bridgehead atoms. The molecule has 0 aromatic carbocycles. The SMILES string of the molecule is F/C(Cl)=C(/F)C(F)(F)C(F)(F)C(F)(F)F. The van der Waals surface area contributed by atoms with Crippen LogP contribution in [0.1, 0.15) is 0 Å². The lowest BCUT2D eigenvalue weighted by Gasteiger charge is -2.26. The summed E-state index contributed by atoms with van der Waals surface area (Å²) < 4.78 is 106. The molecule has 0 aliphatic heterocycles. The van der Waals surface area contributed by atoms with Gasteiger partial charge in [0.2, 0.25) is 11.1 Å². The summed E-state index contributed by atoms with van der Waals surface area (Å²) in [5.41, 5.74) is 0. The number of rotatable bonds is 2. The second-order valence-electron chi connectivity index (χ2n) is 2.22. The van der Waals surface area contributed by atoms with Gasteiger partial charge in [-0.1, -0.05) is 0 Å². The van der Waals surface area contributed by atoms with Crippen LogP contribution in [0, 0.1) is 0 Å². The second-order valence-corrected chi connectivity index (χ2v) is 2.55. The standard InChI is InChI=1S/C5ClF9/c6-2(8)1(7)3(9,10)4(11,12)5(13,14)15/b2-1+. The van der Waals surface area contributed by atoms with Crippen LogP contribution in [0.3, 0.4) is 0 Å². The molecule has 0 nitrogen and oxygen atoms in total. The van der Waals surface area contributed by atoms with Gasteiger partial charge in [0, 0.05) is 0 Å². The van der Waals surface area contributed by atoms with Gasteiger partial charge in [0.15, 0.2) is 0 Å². The first kappa shape index (κ1) is 14.4. The number of hydrogen-bond acceptors (Lipinski definition) is 0. The molecular formula is C5ClF9. The van der Waals surface area contributed by atoms with E-state index in [-0.39, 0.29) is 0 Å².